The first-order chi connectivity index (χ1) is 16.5. The molecule has 0 bridgehead atoms. The SMILES string of the molecule is COc1ccc2c(c1)C(c1ccc(Cl)cc1)=N[C@@H](CC(=O)OC1CCOCC1)c1nnc(C)n1-2. The van der Waals surface area contributed by atoms with E-state index in [4.69, 9.17) is 30.8 Å². The summed E-state index contributed by atoms with van der Waals surface area (Å²) in [5, 5.41) is 9.33. The number of aliphatic imine (C=N–C) groups is 1. The number of benzene rings is 2. The smallest absolute Gasteiger partial charge is 0.308 e. The van der Waals surface area contributed by atoms with Gasteiger partial charge in [-0.15, -0.1) is 10.2 Å². The number of hydrogen-bond acceptors (Lipinski definition) is 7. The lowest BCUT2D eigenvalue weighted by Gasteiger charge is -2.22. The zero-order valence-electron chi connectivity index (χ0n) is 19.0. The molecular formula is C25H25ClN4O4. The van der Waals surface area contributed by atoms with Gasteiger partial charge in [-0.1, -0.05) is 23.7 Å². The molecular weight excluding hydrogens is 456 g/mol. The van der Waals surface area contributed by atoms with Crippen LogP contribution in [0.3, 0.4) is 0 Å². The van der Waals surface area contributed by atoms with Crippen LogP contribution in [-0.4, -0.2) is 52.9 Å². The summed E-state index contributed by atoms with van der Waals surface area (Å²) >= 11 is 6.14. The van der Waals surface area contributed by atoms with E-state index in [-0.39, 0.29) is 18.5 Å². The molecule has 1 saturated heterocycles. The Labute approximate surface area is 202 Å². The second-order valence-corrected chi connectivity index (χ2v) is 8.77. The summed E-state index contributed by atoms with van der Waals surface area (Å²) in [6.45, 7) is 3.09. The Bertz CT molecular complexity index is 1230. The van der Waals surface area contributed by atoms with Crippen molar-refractivity contribution in [2.75, 3.05) is 20.3 Å². The number of hydrogen-bond donors (Lipinski definition) is 0. The molecule has 1 fully saturated rings. The van der Waals surface area contributed by atoms with Gasteiger partial charge in [0.15, 0.2) is 5.82 Å². The molecule has 0 spiro atoms. The fourth-order valence-corrected chi connectivity index (χ4v) is 4.49. The molecule has 2 aliphatic heterocycles. The van der Waals surface area contributed by atoms with E-state index in [9.17, 15) is 4.79 Å². The summed E-state index contributed by atoms with van der Waals surface area (Å²) < 4.78 is 18.6. The van der Waals surface area contributed by atoms with Gasteiger partial charge in [-0.3, -0.25) is 14.4 Å². The number of nitrogens with zero attached hydrogens (tertiary/aromatic N) is 4. The average molecular weight is 481 g/mol. The zero-order chi connectivity index (χ0) is 23.7. The van der Waals surface area contributed by atoms with Gasteiger partial charge in [-0.05, 0) is 37.3 Å². The van der Waals surface area contributed by atoms with Crippen LogP contribution < -0.4 is 4.74 Å². The van der Waals surface area contributed by atoms with Gasteiger partial charge in [0.05, 0.1) is 38.1 Å². The van der Waals surface area contributed by atoms with Gasteiger partial charge in [-0.2, -0.15) is 0 Å². The van der Waals surface area contributed by atoms with Crippen molar-refractivity contribution in [3.05, 3.63) is 70.3 Å². The lowest BCUT2D eigenvalue weighted by atomic mass is 10.00. The molecule has 5 rings (SSSR count). The van der Waals surface area contributed by atoms with Gasteiger partial charge in [0.1, 0.15) is 23.7 Å². The van der Waals surface area contributed by atoms with Gasteiger partial charge in [0.25, 0.3) is 0 Å². The van der Waals surface area contributed by atoms with Crippen LogP contribution in [0.5, 0.6) is 5.75 Å². The second-order valence-electron chi connectivity index (χ2n) is 8.33. The number of fused-ring (bicyclic) bond motifs is 3. The summed E-state index contributed by atoms with van der Waals surface area (Å²) in [7, 11) is 1.63. The Morgan fingerprint density at radius 2 is 1.91 bits per heavy atom. The van der Waals surface area contributed by atoms with Crippen LogP contribution in [0.1, 0.15) is 48.1 Å². The van der Waals surface area contributed by atoms with Crippen LogP contribution in [-0.2, 0) is 14.3 Å². The van der Waals surface area contributed by atoms with Crippen molar-refractivity contribution in [2.45, 2.75) is 38.3 Å². The Hall–Kier alpha value is -3.23. The monoisotopic (exact) mass is 480 g/mol. The fourth-order valence-electron chi connectivity index (χ4n) is 4.36. The molecule has 2 aromatic carbocycles. The highest BCUT2D eigenvalue weighted by Crippen LogP contribution is 2.34. The first-order valence-electron chi connectivity index (χ1n) is 11.2. The predicted molar refractivity (Wildman–Crippen MR) is 127 cm³/mol. The fraction of sp³-hybridized carbons (Fsp3) is 0.360. The lowest BCUT2D eigenvalue weighted by Crippen LogP contribution is -2.26. The van der Waals surface area contributed by atoms with Crippen LogP contribution in [0.25, 0.3) is 5.69 Å². The lowest BCUT2D eigenvalue weighted by molar-refractivity contribution is -0.153. The molecule has 8 nitrogen and oxygen atoms in total. The van der Waals surface area contributed by atoms with E-state index >= 15 is 0 Å². The van der Waals surface area contributed by atoms with Crippen molar-refractivity contribution in [3.8, 4) is 11.4 Å². The number of aryl methyl sites for hydroxylation is 1. The third-order valence-corrected chi connectivity index (χ3v) is 6.33. The van der Waals surface area contributed by atoms with E-state index in [0.29, 0.717) is 48.5 Å². The quantitative estimate of drug-likeness (QED) is 0.507. The molecule has 0 unspecified atom stereocenters. The first kappa shape index (κ1) is 22.6. The highest BCUT2D eigenvalue weighted by Gasteiger charge is 2.31. The number of ether oxygens (including phenoxy) is 3. The summed E-state index contributed by atoms with van der Waals surface area (Å²) in [6, 6.07) is 12.7. The molecule has 0 N–H and O–H groups in total. The maximum atomic E-state index is 12.9. The summed E-state index contributed by atoms with van der Waals surface area (Å²) in [6.07, 6.45) is 1.33. The largest absolute Gasteiger partial charge is 0.497 e. The maximum absolute atomic E-state index is 12.9. The van der Waals surface area contributed by atoms with Gasteiger partial charge >= 0.3 is 5.97 Å². The summed E-state index contributed by atoms with van der Waals surface area (Å²) in [5.74, 6) is 1.69. The van der Waals surface area contributed by atoms with Gasteiger partial charge in [-0.25, -0.2) is 0 Å². The van der Waals surface area contributed by atoms with Crippen LogP contribution in [0.15, 0.2) is 47.5 Å². The van der Waals surface area contributed by atoms with Crippen molar-refractivity contribution in [1.82, 2.24) is 14.8 Å². The van der Waals surface area contributed by atoms with Crippen LogP contribution >= 0.6 is 11.6 Å². The molecule has 3 aromatic rings. The minimum Gasteiger partial charge on any atom is -0.497 e. The highest BCUT2D eigenvalue weighted by molar-refractivity contribution is 6.30. The molecule has 0 amide bonds. The van der Waals surface area contributed by atoms with E-state index < -0.39 is 6.04 Å². The van der Waals surface area contributed by atoms with Gasteiger partial charge in [0.2, 0.25) is 0 Å². The van der Waals surface area contributed by atoms with E-state index in [2.05, 4.69) is 10.2 Å². The van der Waals surface area contributed by atoms with E-state index in [1.807, 2.05) is 54.0 Å². The third kappa shape index (κ3) is 4.43. The molecule has 0 aliphatic carbocycles. The Morgan fingerprint density at radius 1 is 1.15 bits per heavy atom. The minimum atomic E-state index is -0.572. The molecule has 0 radical (unpaired) electrons. The van der Waals surface area contributed by atoms with Crippen LogP contribution in [0.4, 0.5) is 0 Å². The van der Waals surface area contributed by atoms with E-state index in [0.717, 1.165) is 22.5 Å². The van der Waals surface area contributed by atoms with Crippen LogP contribution in [0.2, 0.25) is 5.02 Å². The molecule has 0 saturated carbocycles. The van der Waals surface area contributed by atoms with Crippen molar-refractivity contribution < 1.29 is 19.0 Å². The second kappa shape index (κ2) is 9.56. The molecule has 9 heteroatoms. The third-order valence-electron chi connectivity index (χ3n) is 6.08. The molecule has 34 heavy (non-hydrogen) atoms. The number of esters is 1. The zero-order valence-corrected chi connectivity index (χ0v) is 19.8. The molecule has 2 aliphatic rings. The standard InChI is InChI=1S/C25H25ClN4O4/c1-15-28-29-25-21(14-23(31)34-18-9-11-33-12-10-18)27-24(16-3-5-17(26)6-4-16)20-13-19(32-2)7-8-22(20)30(15)25/h3-8,13,18,21H,9-12,14H2,1-2H3/t21-/m0/s1. The number of carbonyl (C=O) groups is 1. The summed E-state index contributed by atoms with van der Waals surface area (Å²) in [4.78, 5) is 18.0. The van der Waals surface area contributed by atoms with E-state index in [1.54, 1.807) is 7.11 Å². The van der Waals surface area contributed by atoms with Gasteiger partial charge < -0.3 is 14.2 Å². The maximum Gasteiger partial charge on any atom is 0.308 e. The average Bonchev–Trinajstić information content (AvgIpc) is 3.17. The van der Waals surface area contributed by atoms with Crippen molar-refractivity contribution in [1.29, 1.82) is 0 Å². The molecule has 1 atom stereocenters. The molecule has 3 heterocycles. The van der Waals surface area contributed by atoms with E-state index in [1.165, 1.54) is 0 Å². The Morgan fingerprint density at radius 3 is 2.65 bits per heavy atom. The number of methoxy groups -OCH3 is 1. The Balaban J connectivity index is 1.59. The number of halogens is 1. The topological polar surface area (TPSA) is 87.8 Å². The highest BCUT2D eigenvalue weighted by atomic mass is 35.5. The van der Waals surface area contributed by atoms with Crippen molar-refractivity contribution >= 4 is 23.3 Å². The predicted octanol–water partition coefficient (Wildman–Crippen LogP) is 4.24. The molecule has 176 valence electrons. The van der Waals surface area contributed by atoms with Crippen molar-refractivity contribution in [3.63, 3.8) is 0 Å². The molecule has 1 aromatic heterocycles. The van der Waals surface area contributed by atoms with Crippen LogP contribution in [0, 0.1) is 6.92 Å². The number of aromatic nitrogens is 3. The van der Waals surface area contributed by atoms with Crippen molar-refractivity contribution in [2.24, 2.45) is 4.99 Å². The minimum absolute atomic E-state index is 0.0533. The summed E-state index contributed by atoms with van der Waals surface area (Å²) in [5.41, 5.74) is 3.32. The number of rotatable bonds is 5. The number of carbonyl (C=O) groups excluding carboxylic acids is 1. The Kier molecular flexibility index (Phi) is 6.34. The first-order valence-corrected chi connectivity index (χ1v) is 11.6. The normalized spacial score (nSPS) is 17.9. The van der Waals surface area contributed by atoms with Gasteiger partial charge in [0, 0.05) is 29.0 Å².